The van der Waals surface area contributed by atoms with Crippen LogP contribution in [-0.2, 0) is 11.4 Å². The predicted molar refractivity (Wildman–Crippen MR) is 107 cm³/mol. The number of hydrogen-bond acceptors (Lipinski definition) is 5. The molecule has 2 fully saturated rings. The summed E-state index contributed by atoms with van der Waals surface area (Å²) in [5.74, 6) is 1.80. The molecule has 1 aromatic heterocycles. The summed E-state index contributed by atoms with van der Waals surface area (Å²) in [7, 11) is 1.61. The molecule has 28 heavy (non-hydrogen) atoms. The molecule has 1 saturated carbocycles. The molecule has 1 saturated heterocycles. The maximum Gasteiger partial charge on any atom is 0.232 e. The SMILES string of the molecule is COc1ccc(NC(=O)[C@@]23CCCC[C@H]2CNC3)cc1OCc1ccncc1. The lowest BCUT2D eigenvalue weighted by Crippen LogP contribution is -2.44. The Hall–Kier alpha value is -2.60. The van der Waals surface area contributed by atoms with Gasteiger partial charge >= 0.3 is 0 Å². The number of methoxy groups -OCH3 is 1. The summed E-state index contributed by atoms with van der Waals surface area (Å²) in [5, 5.41) is 6.57. The van der Waals surface area contributed by atoms with Gasteiger partial charge in [-0.3, -0.25) is 9.78 Å². The molecule has 0 spiro atoms. The van der Waals surface area contributed by atoms with Crippen molar-refractivity contribution in [2.75, 3.05) is 25.5 Å². The van der Waals surface area contributed by atoms with Crippen molar-refractivity contribution in [3.05, 3.63) is 48.3 Å². The summed E-state index contributed by atoms with van der Waals surface area (Å²) in [6.45, 7) is 2.12. The highest BCUT2D eigenvalue weighted by Gasteiger charge is 2.49. The van der Waals surface area contributed by atoms with Crippen LogP contribution in [0.15, 0.2) is 42.7 Å². The Balaban J connectivity index is 1.49. The van der Waals surface area contributed by atoms with E-state index in [1.165, 1.54) is 6.42 Å². The molecule has 6 nitrogen and oxygen atoms in total. The number of carbonyl (C=O) groups excluding carboxylic acids is 1. The van der Waals surface area contributed by atoms with Crippen molar-refractivity contribution < 1.29 is 14.3 Å². The summed E-state index contributed by atoms with van der Waals surface area (Å²) >= 11 is 0. The van der Waals surface area contributed by atoms with Gasteiger partial charge < -0.3 is 20.1 Å². The second-order valence-electron chi connectivity index (χ2n) is 7.69. The number of fused-ring (bicyclic) bond motifs is 1. The van der Waals surface area contributed by atoms with Gasteiger partial charge in [0.1, 0.15) is 6.61 Å². The Kier molecular flexibility index (Phi) is 5.48. The van der Waals surface area contributed by atoms with Gasteiger partial charge in [0.05, 0.1) is 12.5 Å². The molecule has 0 bridgehead atoms. The third-order valence-corrected chi connectivity index (χ3v) is 6.06. The molecule has 1 aliphatic carbocycles. The highest BCUT2D eigenvalue weighted by molar-refractivity contribution is 5.96. The van der Waals surface area contributed by atoms with Gasteiger partial charge in [0.25, 0.3) is 0 Å². The van der Waals surface area contributed by atoms with Crippen LogP contribution in [0.4, 0.5) is 5.69 Å². The van der Waals surface area contributed by atoms with Gasteiger partial charge in [-0.15, -0.1) is 0 Å². The first-order valence-electron chi connectivity index (χ1n) is 9.93. The minimum Gasteiger partial charge on any atom is -0.493 e. The Morgan fingerprint density at radius 2 is 2.11 bits per heavy atom. The van der Waals surface area contributed by atoms with Crippen molar-refractivity contribution in [3.8, 4) is 11.5 Å². The molecule has 0 unspecified atom stereocenters. The molecule has 2 heterocycles. The van der Waals surface area contributed by atoms with Gasteiger partial charge in [0.2, 0.25) is 5.91 Å². The highest BCUT2D eigenvalue weighted by atomic mass is 16.5. The maximum absolute atomic E-state index is 13.2. The average molecular weight is 381 g/mol. The summed E-state index contributed by atoms with van der Waals surface area (Å²) in [6, 6.07) is 9.36. The van der Waals surface area contributed by atoms with Crippen molar-refractivity contribution in [3.63, 3.8) is 0 Å². The molecule has 1 amide bonds. The number of ether oxygens (including phenoxy) is 2. The van der Waals surface area contributed by atoms with Crippen molar-refractivity contribution in [1.82, 2.24) is 10.3 Å². The Labute approximate surface area is 165 Å². The number of pyridine rings is 1. The van der Waals surface area contributed by atoms with E-state index < -0.39 is 0 Å². The molecule has 2 atom stereocenters. The Bertz CT molecular complexity index is 827. The number of anilines is 1. The number of benzene rings is 1. The normalized spacial score (nSPS) is 23.7. The monoisotopic (exact) mass is 381 g/mol. The zero-order chi connectivity index (χ0) is 19.4. The summed E-state index contributed by atoms with van der Waals surface area (Å²) < 4.78 is 11.4. The maximum atomic E-state index is 13.2. The molecule has 2 aromatic rings. The molecule has 148 valence electrons. The van der Waals surface area contributed by atoms with E-state index in [0.29, 0.717) is 24.0 Å². The quantitative estimate of drug-likeness (QED) is 0.803. The van der Waals surface area contributed by atoms with E-state index in [4.69, 9.17) is 9.47 Å². The van der Waals surface area contributed by atoms with E-state index in [0.717, 1.165) is 43.6 Å². The predicted octanol–water partition coefficient (Wildman–Crippen LogP) is 3.39. The molecule has 0 radical (unpaired) electrons. The number of amides is 1. The number of nitrogens with one attached hydrogen (secondary N) is 2. The second-order valence-corrected chi connectivity index (χ2v) is 7.69. The lowest BCUT2D eigenvalue weighted by Gasteiger charge is -2.37. The zero-order valence-corrected chi connectivity index (χ0v) is 16.2. The van der Waals surface area contributed by atoms with E-state index in [1.54, 1.807) is 19.5 Å². The molecule has 2 aliphatic rings. The van der Waals surface area contributed by atoms with E-state index in [9.17, 15) is 4.79 Å². The third-order valence-electron chi connectivity index (χ3n) is 6.06. The van der Waals surface area contributed by atoms with Gasteiger partial charge in [-0.2, -0.15) is 0 Å². The third kappa shape index (κ3) is 3.69. The first-order chi connectivity index (χ1) is 13.7. The van der Waals surface area contributed by atoms with E-state index in [-0.39, 0.29) is 11.3 Å². The topological polar surface area (TPSA) is 72.5 Å². The van der Waals surface area contributed by atoms with Crippen LogP contribution in [0.5, 0.6) is 11.5 Å². The van der Waals surface area contributed by atoms with Gasteiger partial charge in [-0.05, 0) is 55.1 Å². The van der Waals surface area contributed by atoms with E-state index in [1.807, 2.05) is 30.3 Å². The number of aromatic nitrogens is 1. The molecule has 2 N–H and O–H groups in total. The standard InChI is InChI=1S/C22H27N3O3/c1-27-19-6-5-18(12-20(19)28-14-16-7-10-23-11-8-16)25-21(26)22-9-3-2-4-17(22)13-24-15-22/h5-8,10-12,17,24H,2-4,9,13-15H2,1H3,(H,25,26)/t17-,22+/m0/s1. The molecule has 6 heteroatoms. The summed E-state index contributed by atoms with van der Waals surface area (Å²) in [6.07, 6.45) is 7.90. The molecular formula is C22H27N3O3. The molecule has 1 aliphatic heterocycles. The van der Waals surface area contributed by atoms with Crippen LogP contribution < -0.4 is 20.1 Å². The fourth-order valence-corrected chi connectivity index (χ4v) is 4.45. The lowest BCUT2D eigenvalue weighted by molar-refractivity contribution is -0.128. The summed E-state index contributed by atoms with van der Waals surface area (Å²) in [5.41, 5.74) is 1.48. The van der Waals surface area contributed by atoms with Crippen LogP contribution in [-0.4, -0.2) is 31.1 Å². The second kappa shape index (κ2) is 8.19. The number of nitrogens with zero attached hydrogens (tertiary/aromatic N) is 1. The van der Waals surface area contributed by atoms with Crippen molar-refractivity contribution >= 4 is 11.6 Å². The first kappa shape index (κ1) is 18.7. The van der Waals surface area contributed by atoms with E-state index in [2.05, 4.69) is 15.6 Å². The molecule has 1 aromatic carbocycles. The van der Waals surface area contributed by atoms with Crippen molar-refractivity contribution in [2.24, 2.45) is 11.3 Å². The summed E-state index contributed by atoms with van der Waals surface area (Å²) in [4.78, 5) is 17.2. The van der Waals surface area contributed by atoms with Crippen LogP contribution in [0.25, 0.3) is 0 Å². The lowest BCUT2D eigenvalue weighted by atomic mass is 9.67. The van der Waals surface area contributed by atoms with Gasteiger partial charge in [0, 0.05) is 30.7 Å². The molecular weight excluding hydrogens is 354 g/mol. The van der Waals surface area contributed by atoms with Gasteiger partial charge in [-0.1, -0.05) is 12.8 Å². The van der Waals surface area contributed by atoms with Crippen LogP contribution in [0, 0.1) is 11.3 Å². The van der Waals surface area contributed by atoms with Crippen LogP contribution in [0.2, 0.25) is 0 Å². The minimum absolute atomic E-state index is 0.118. The van der Waals surface area contributed by atoms with E-state index >= 15 is 0 Å². The van der Waals surface area contributed by atoms with Crippen LogP contribution in [0.1, 0.15) is 31.2 Å². The van der Waals surface area contributed by atoms with Crippen LogP contribution >= 0.6 is 0 Å². The largest absolute Gasteiger partial charge is 0.493 e. The van der Waals surface area contributed by atoms with Gasteiger partial charge in [0.15, 0.2) is 11.5 Å². The molecule has 4 rings (SSSR count). The fraction of sp³-hybridized carbons (Fsp3) is 0.455. The Morgan fingerprint density at radius 1 is 1.25 bits per heavy atom. The minimum atomic E-state index is -0.282. The van der Waals surface area contributed by atoms with Crippen molar-refractivity contribution in [1.29, 1.82) is 0 Å². The average Bonchev–Trinajstić information content (AvgIpc) is 3.18. The van der Waals surface area contributed by atoms with Gasteiger partial charge in [-0.25, -0.2) is 0 Å². The smallest absolute Gasteiger partial charge is 0.232 e. The zero-order valence-electron chi connectivity index (χ0n) is 16.2. The Morgan fingerprint density at radius 3 is 2.93 bits per heavy atom. The van der Waals surface area contributed by atoms with Crippen LogP contribution in [0.3, 0.4) is 0 Å². The number of rotatable bonds is 6. The number of carbonyl (C=O) groups is 1. The number of hydrogen-bond donors (Lipinski definition) is 2. The first-order valence-corrected chi connectivity index (χ1v) is 9.93. The van der Waals surface area contributed by atoms with Crippen molar-refractivity contribution in [2.45, 2.75) is 32.3 Å². The fourth-order valence-electron chi connectivity index (χ4n) is 4.45. The highest BCUT2D eigenvalue weighted by Crippen LogP contribution is 2.44.